The number of hydrogen-bond acceptors (Lipinski definition) is 9. The Bertz CT molecular complexity index is 1520. The highest BCUT2D eigenvalue weighted by molar-refractivity contribution is 5.93. The maximum absolute atomic E-state index is 12.4. The second-order valence-corrected chi connectivity index (χ2v) is 10.9. The zero-order chi connectivity index (χ0) is 29.0. The molecule has 1 N–H and O–H groups in total. The molecule has 0 spiro atoms. The van der Waals surface area contributed by atoms with Crippen LogP contribution in [0.1, 0.15) is 39.2 Å². The fraction of sp³-hybridized carbons (Fsp3) is 0.355. The molecule has 1 aliphatic rings. The summed E-state index contributed by atoms with van der Waals surface area (Å²) in [6, 6.07) is 13.3. The largest absolute Gasteiger partial charge is 0.493 e. The third-order valence-corrected chi connectivity index (χ3v) is 6.61. The van der Waals surface area contributed by atoms with E-state index in [0.717, 1.165) is 27.9 Å². The Kier molecular flexibility index (Phi) is 8.09. The van der Waals surface area contributed by atoms with Gasteiger partial charge in [0.25, 0.3) is 0 Å². The van der Waals surface area contributed by atoms with Crippen LogP contribution in [0.2, 0.25) is 0 Å². The highest BCUT2D eigenvalue weighted by atomic mass is 16.6. The van der Waals surface area contributed by atoms with Crippen molar-refractivity contribution in [3.8, 4) is 23.0 Å². The number of carbonyl (C=O) groups excluding carboxylic acids is 1. The van der Waals surface area contributed by atoms with Gasteiger partial charge in [0, 0.05) is 49.3 Å². The smallest absolute Gasteiger partial charge is 0.410 e. The topological polar surface area (TPSA) is 108 Å². The second-order valence-electron chi connectivity index (χ2n) is 10.9. The Morgan fingerprint density at radius 3 is 2.51 bits per heavy atom. The summed E-state index contributed by atoms with van der Waals surface area (Å²) in [5.41, 5.74) is 2.01. The third-order valence-electron chi connectivity index (χ3n) is 6.61. The normalized spacial score (nSPS) is 14.0. The Morgan fingerprint density at radius 2 is 1.83 bits per heavy atom. The van der Waals surface area contributed by atoms with Crippen LogP contribution in [0, 0.1) is 6.92 Å². The van der Waals surface area contributed by atoms with Gasteiger partial charge in [-0.15, -0.1) is 0 Å². The molecule has 1 aliphatic heterocycles. The first kappa shape index (κ1) is 27.9. The third kappa shape index (κ3) is 6.95. The molecule has 2 aromatic heterocycles. The Labute approximate surface area is 239 Å². The number of benzene rings is 2. The molecule has 1 saturated heterocycles. The van der Waals surface area contributed by atoms with Gasteiger partial charge in [0.05, 0.1) is 18.8 Å². The van der Waals surface area contributed by atoms with E-state index >= 15 is 0 Å². The number of methoxy groups -OCH3 is 1. The maximum Gasteiger partial charge on any atom is 0.410 e. The molecule has 0 aliphatic carbocycles. The van der Waals surface area contributed by atoms with Crippen molar-refractivity contribution in [2.45, 2.75) is 52.2 Å². The van der Waals surface area contributed by atoms with Gasteiger partial charge < -0.3 is 29.2 Å². The van der Waals surface area contributed by atoms with E-state index in [2.05, 4.69) is 20.3 Å². The number of piperidine rings is 1. The summed E-state index contributed by atoms with van der Waals surface area (Å²) < 4.78 is 23.5. The van der Waals surface area contributed by atoms with Gasteiger partial charge in [-0.2, -0.15) is 0 Å². The van der Waals surface area contributed by atoms with Gasteiger partial charge in [0.1, 0.15) is 35.3 Å². The van der Waals surface area contributed by atoms with E-state index in [0.29, 0.717) is 49.0 Å². The number of aromatic nitrogens is 3. The summed E-state index contributed by atoms with van der Waals surface area (Å²) in [6.07, 6.45) is 5.91. The molecular weight excluding hydrogens is 522 g/mol. The Hall–Kier alpha value is -4.60. The zero-order valence-corrected chi connectivity index (χ0v) is 24.0. The number of pyridine rings is 1. The van der Waals surface area contributed by atoms with E-state index in [1.54, 1.807) is 24.4 Å². The molecule has 41 heavy (non-hydrogen) atoms. The van der Waals surface area contributed by atoms with Crippen LogP contribution in [-0.2, 0) is 4.74 Å². The molecule has 0 unspecified atom stereocenters. The van der Waals surface area contributed by atoms with Crippen LogP contribution in [0.3, 0.4) is 0 Å². The number of fused-ring (bicyclic) bond motifs is 1. The van der Waals surface area contributed by atoms with Gasteiger partial charge >= 0.3 is 6.09 Å². The number of rotatable bonds is 7. The van der Waals surface area contributed by atoms with Crippen molar-refractivity contribution in [2.75, 3.05) is 25.5 Å². The molecule has 0 bridgehead atoms. The summed E-state index contributed by atoms with van der Waals surface area (Å²) in [7, 11) is 1.61. The second kappa shape index (κ2) is 11.9. The monoisotopic (exact) mass is 557 g/mol. The summed E-state index contributed by atoms with van der Waals surface area (Å²) in [5, 5.41) is 4.20. The fourth-order valence-corrected chi connectivity index (χ4v) is 4.59. The van der Waals surface area contributed by atoms with Crippen LogP contribution >= 0.6 is 0 Å². The molecule has 214 valence electrons. The summed E-state index contributed by atoms with van der Waals surface area (Å²) in [6.45, 7) is 8.72. The van der Waals surface area contributed by atoms with Crippen molar-refractivity contribution in [1.82, 2.24) is 19.9 Å². The Morgan fingerprint density at radius 1 is 1.02 bits per heavy atom. The first-order chi connectivity index (χ1) is 19.7. The number of ether oxygens (including phenoxy) is 4. The lowest BCUT2D eigenvalue weighted by atomic mass is 10.1. The van der Waals surface area contributed by atoms with Crippen LogP contribution in [0.4, 0.5) is 16.3 Å². The van der Waals surface area contributed by atoms with Crippen LogP contribution in [-0.4, -0.2) is 57.8 Å². The molecule has 1 fully saturated rings. The molecule has 4 aromatic rings. The van der Waals surface area contributed by atoms with Gasteiger partial charge in [0.15, 0.2) is 11.5 Å². The highest BCUT2D eigenvalue weighted by Crippen LogP contribution is 2.37. The summed E-state index contributed by atoms with van der Waals surface area (Å²) in [5.74, 6) is 3.25. The predicted octanol–water partition coefficient (Wildman–Crippen LogP) is 6.66. The molecule has 10 nitrogen and oxygen atoms in total. The number of amides is 1. The van der Waals surface area contributed by atoms with E-state index in [4.69, 9.17) is 18.9 Å². The lowest BCUT2D eigenvalue weighted by Crippen LogP contribution is -2.44. The van der Waals surface area contributed by atoms with Gasteiger partial charge in [-0.05, 0) is 69.7 Å². The number of likely N-dealkylation sites (tertiary alicyclic amines) is 1. The van der Waals surface area contributed by atoms with E-state index in [1.165, 1.54) is 6.33 Å². The van der Waals surface area contributed by atoms with Crippen molar-refractivity contribution in [3.05, 3.63) is 66.7 Å². The SMILES string of the molecule is COc1cc2ncnc(Nc3ccc(Oc4cccnc4)c(C)c3)c2cc1OC1CCN(C(=O)OC(C)(C)C)CC1. The lowest BCUT2D eigenvalue weighted by Gasteiger charge is -2.33. The van der Waals surface area contributed by atoms with Crippen molar-refractivity contribution in [1.29, 1.82) is 0 Å². The molecule has 0 saturated carbocycles. The highest BCUT2D eigenvalue weighted by Gasteiger charge is 2.28. The number of aryl methyl sites for hydroxylation is 1. The van der Waals surface area contributed by atoms with Crippen molar-refractivity contribution in [2.24, 2.45) is 0 Å². The molecule has 10 heteroatoms. The van der Waals surface area contributed by atoms with E-state index in [-0.39, 0.29) is 12.2 Å². The van der Waals surface area contributed by atoms with Crippen LogP contribution in [0.5, 0.6) is 23.0 Å². The Balaban J connectivity index is 1.31. The minimum absolute atomic E-state index is 0.0731. The number of hydrogen-bond donors (Lipinski definition) is 1. The standard InChI is InChI=1S/C31H35N5O5/c1-20-15-21(8-9-26(20)40-23-7-6-12-32-18-23)35-29-24-16-28(27(38-5)17-25(24)33-19-34-29)39-22-10-13-36(14-11-22)30(37)41-31(2,3)4/h6-9,12,15-19,22H,10-11,13-14H2,1-5H3,(H,33,34,35). The van der Waals surface area contributed by atoms with Gasteiger partial charge in [-0.3, -0.25) is 4.98 Å². The average Bonchev–Trinajstić information content (AvgIpc) is 2.94. The van der Waals surface area contributed by atoms with Crippen LogP contribution in [0.25, 0.3) is 10.9 Å². The minimum atomic E-state index is -0.523. The van der Waals surface area contributed by atoms with Crippen molar-refractivity contribution in [3.63, 3.8) is 0 Å². The first-order valence-corrected chi connectivity index (χ1v) is 13.6. The molecule has 3 heterocycles. The maximum atomic E-state index is 12.4. The number of nitrogens with one attached hydrogen (secondary N) is 1. The van der Waals surface area contributed by atoms with E-state index < -0.39 is 5.60 Å². The van der Waals surface area contributed by atoms with E-state index in [1.807, 2.05) is 70.2 Å². The molecule has 2 aromatic carbocycles. The van der Waals surface area contributed by atoms with Gasteiger partial charge in [-0.1, -0.05) is 0 Å². The quantitative estimate of drug-likeness (QED) is 0.267. The summed E-state index contributed by atoms with van der Waals surface area (Å²) >= 11 is 0. The van der Waals surface area contributed by atoms with Crippen LogP contribution < -0.4 is 19.5 Å². The molecule has 0 atom stereocenters. The van der Waals surface area contributed by atoms with Crippen molar-refractivity contribution >= 4 is 28.5 Å². The molecule has 1 amide bonds. The number of carbonyl (C=O) groups is 1. The van der Waals surface area contributed by atoms with Gasteiger partial charge in [-0.25, -0.2) is 14.8 Å². The number of nitrogens with zero attached hydrogens (tertiary/aromatic N) is 4. The van der Waals surface area contributed by atoms with Crippen molar-refractivity contribution < 1.29 is 23.7 Å². The summed E-state index contributed by atoms with van der Waals surface area (Å²) in [4.78, 5) is 27.2. The average molecular weight is 558 g/mol. The molecule has 0 radical (unpaired) electrons. The van der Waals surface area contributed by atoms with Gasteiger partial charge in [0.2, 0.25) is 0 Å². The minimum Gasteiger partial charge on any atom is -0.493 e. The fourth-order valence-electron chi connectivity index (χ4n) is 4.59. The van der Waals surface area contributed by atoms with Crippen LogP contribution in [0.15, 0.2) is 61.2 Å². The number of anilines is 2. The zero-order valence-electron chi connectivity index (χ0n) is 24.0. The lowest BCUT2D eigenvalue weighted by molar-refractivity contribution is 0.0124. The molecular formula is C31H35N5O5. The molecule has 5 rings (SSSR count). The van der Waals surface area contributed by atoms with E-state index in [9.17, 15) is 4.79 Å². The first-order valence-electron chi connectivity index (χ1n) is 13.6. The predicted molar refractivity (Wildman–Crippen MR) is 156 cm³/mol.